The second kappa shape index (κ2) is 4.02. The summed E-state index contributed by atoms with van der Waals surface area (Å²) in [6.07, 6.45) is -0.0209. The summed E-state index contributed by atoms with van der Waals surface area (Å²) in [5.41, 5.74) is 3.73. The maximum atomic E-state index is 10.2. The van der Waals surface area contributed by atoms with E-state index < -0.39 is 5.97 Å². The molecule has 3 N–H and O–H groups in total. The minimum absolute atomic E-state index is 0.0209. The standard InChI is InChI=1S/C7H8BrNO2S/c8-6-2-1-5(12-6)4(9)3-7(10)11/h1-2,4H,3,9H2,(H,10,11)/t4-/m1/s1. The summed E-state index contributed by atoms with van der Waals surface area (Å²) in [7, 11) is 0. The van der Waals surface area contributed by atoms with Crippen LogP contribution in [0.5, 0.6) is 0 Å². The van der Waals surface area contributed by atoms with E-state index in [1.54, 1.807) is 0 Å². The minimum Gasteiger partial charge on any atom is -0.550 e. The normalized spacial score (nSPS) is 12.8. The molecule has 0 radical (unpaired) electrons. The highest BCUT2D eigenvalue weighted by molar-refractivity contribution is 9.11. The van der Waals surface area contributed by atoms with Crippen LogP contribution in [0.25, 0.3) is 0 Å². The lowest BCUT2D eigenvalue weighted by molar-refractivity contribution is -0.429. The zero-order chi connectivity index (χ0) is 9.14. The van der Waals surface area contributed by atoms with Crippen molar-refractivity contribution in [1.29, 1.82) is 0 Å². The van der Waals surface area contributed by atoms with E-state index >= 15 is 0 Å². The first-order valence-electron chi connectivity index (χ1n) is 3.37. The van der Waals surface area contributed by atoms with Gasteiger partial charge < -0.3 is 15.6 Å². The van der Waals surface area contributed by atoms with Crippen LogP contribution in [-0.4, -0.2) is 5.97 Å². The van der Waals surface area contributed by atoms with Crippen LogP contribution >= 0.6 is 27.3 Å². The molecular weight excluding hydrogens is 242 g/mol. The van der Waals surface area contributed by atoms with Gasteiger partial charge in [0.15, 0.2) is 0 Å². The summed E-state index contributed by atoms with van der Waals surface area (Å²) in [6.45, 7) is 0. The Hall–Kier alpha value is -0.390. The number of aliphatic carboxylic acids is 1. The summed E-state index contributed by atoms with van der Waals surface area (Å²) in [4.78, 5) is 11.2. The molecule has 1 rings (SSSR count). The van der Waals surface area contributed by atoms with Gasteiger partial charge in [0, 0.05) is 12.4 Å². The van der Waals surface area contributed by atoms with Gasteiger partial charge in [-0.25, -0.2) is 0 Å². The van der Waals surface area contributed by atoms with Gasteiger partial charge in [-0.2, -0.15) is 0 Å². The molecule has 0 aliphatic carbocycles. The first-order valence-corrected chi connectivity index (χ1v) is 4.98. The number of carbonyl (C=O) groups excluding carboxylic acids is 1. The lowest BCUT2D eigenvalue weighted by atomic mass is 10.2. The molecule has 1 heterocycles. The summed E-state index contributed by atoms with van der Waals surface area (Å²) in [5.74, 6) is -1.06. The van der Waals surface area contributed by atoms with Gasteiger partial charge in [0.2, 0.25) is 0 Å². The molecular formula is C7H8BrNO2S. The van der Waals surface area contributed by atoms with Crippen LogP contribution in [0.1, 0.15) is 17.3 Å². The highest BCUT2D eigenvalue weighted by atomic mass is 79.9. The Balaban J connectivity index is 2.64. The van der Waals surface area contributed by atoms with Crippen molar-refractivity contribution >= 4 is 33.2 Å². The molecule has 0 amide bonds. The van der Waals surface area contributed by atoms with Crippen LogP contribution in [0.15, 0.2) is 15.9 Å². The number of carboxylic acids is 1. The number of hydrogen-bond donors (Lipinski definition) is 1. The van der Waals surface area contributed by atoms with Crippen LogP contribution in [0.2, 0.25) is 0 Å². The molecule has 3 nitrogen and oxygen atoms in total. The molecule has 0 spiro atoms. The van der Waals surface area contributed by atoms with E-state index in [4.69, 9.17) is 0 Å². The fraction of sp³-hybridized carbons (Fsp3) is 0.286. The van der Waals surface area contributed by atoms with Crippen LogP contribution in [0.4, 0.5) is 0 Å². The Kier molecular flexibility index (Phi) is 3.25. The molecule has 66 valence electrons. The number of carbonyl (C=O) groups is 1. The Morgan fingerprint density at radius 2 is 2.42 bits per heavy atom. The van der Waals surface area contributed by atoms with Crippen molar-refractivity contribution in [2.75, 3.05) is 0 Å². The first kappa shape index (κ1) is 9.70. The van der Waals surface area contributed by atoms with Gasteiger partial charge >= 0.3 is 0 Å². The average Bonchev–Trinajstić information content (AvgIpc) is 2.34. The van der Waals surface area contributed by atoms with Gasteiger partial charge in [-0.15, -0.1) is 11.3 Å². The minimum atomic E-state index is -1.06. The molecule has 0 aromatic carbocycles. The number of quaternary nitrogens is 1. The van der Waals surface area contributed by atoms with Crippen molar-refractivity contribution in [3.8, 4) is 0 Å². The molecule has 0 aliphatic heterocycles. The second-order valence-corrected chi connectivity index (χ2v) is 4.91. The van der Waals surface area contributed by atoms with Gasteiger partial charge in [-0.3, -0.25) is 0 Å². The lowest BCUT2D eigenvalue weighted by Crippen LogP contribution is -2.55. The van der Waals surface area contributed by atoms with Crippen molar-refractivity contribution in [2.24, 2.45) is 0 Å². The summed E-state index contributed by atoms with van der Waals surface area (Å²) in [6, 6.07) is 3.55. The molecule has 0 fully saturated rings. The second-order valence-electron chi connectivity index (χ2n) is 2.41. The molecule has 5 heteroatoms. The number of hydrogen-bond acceptors (Lipinski definition) is 3. The third-order valence-electron chi connectivity index (χ3n) is 1.41. The van der Waals surface area contributed by atoms with E-state index in [0.717, 1.165) is 8.66 Å². The number of rotatable bonds is 3. The van der Waals surface area contributed by atoms with Crippen molar-refractivity contribution < 1.29 is 15.6 Å². The monoisotopic (exact) mass is 249 g/mol. The fourth-order valence-electron chi connectivity index (χ4n) is 0.849. The van der Waals surface area contributed by atoms with E-state index in [-0.39, 0.29) is 12.5 Å². The van der Waals surface area contributed by atoms with Crippen LogP contribution in [0, 0.1) is 0 Å². The summed E-state index contributed by atoms with van der Waals surface area (Å²) < 4.78 is 0.990. The average molecular weight is 250 g/mol. The van der Waals surface area contributed by atoms with E-state index in [1.165, 1.54) is 11.3 Å². The first-order chi connectivity index (χ1) is 5.59. The summed E-state index contributed by atoms with van der Waals surface area (Å²) >= 11 is 4.80. The van der Waals surface area contributed by atoms with Crippen LogP contribution < -0.4 is 10.8 Å². The van der Waals surface area contributed by atoms with Crippen molar-refractivity contribution in [3.63, 3.8) is 0 Å². The quantitative estimate of drug-likeness (QED) is 0.816. The van der Waals surface area contributed by atoms with Crippen LogP contribution in [-0.2, 0) is 4.79 Å². The Bertz CT molecular complexity index is 287. The molecule has 1 aromatic heterocycles. The molecule has 0 unspecified atom stereocenters. The molecule has 12 heavy (non-hydrogen) atoms. The molecule has 0 bridgehead atoms. The maximum Gasteiger partial charge on any atom is 0.125 e. The number of halogens is 1. The Morgan fingerprint density at radius 1 is 1.75 bits per heavy atom. The largest absolute Gasteiger partial charge is 0.550 e. The van der Waals surface area contributed by atoms with E-state index in [2.05, 4.69) is 21.7 Å². The zero-order valence-corrected chi connectivity index (χ0v) is 8.65. The van der Waals surface area contributed by atoms with Crippen molar-refractivity contribution in [3.05, 3.63) is 20.8 Å². The Morgan fingerprint density at radius 3 is 2.83 bits per heavy atom. The molecule has 0 saturated carbocycles. The van der Waals surface area contributed by atoms with Crippen LogP contribution in [0.3, 0.4) is 0 Å². The maximum absolute atomic E-state index is 10.2. The predicted molar refractivity (Wildman–Crippen MR) is 47.3 cm³/mol. The highest BCUT2D eigenvalue weighted by Gasteiger charge is 2.11. The SMILES string of the molecule is [NH3+][C@H](CC(=O)[O-])c1ccc(Br)s1. The van der Waals surface area contributed by atoms with E-state index in [1.807, 2.05) is 12.1 Å². The highest BCUT2D eigenvalue weighted by Crippen LogP contribution is 2.26. The number of carboxylic acid groups (broad SMARTS) is 1. The van der Waals surface area contributed by atoms with Crippen molar-refractivity contribution in [2.45, 2.75) is 12.5 Å². The molecule has 0 saturated heterocycles. The van der Waals surface area contributed by atoms with Gasteiger partial charge in [0.05, 0.1) is 8.66 Å². The third kappa shape index (κ3) is 2.58. The van der Waals surface area contributed by atoms with E-state index in [0.29, 0.717) is 0 Å². The van der Waals surface area contributed by atoms with Gasteiger partial charge in [-0.05, 0) is 28.1 Å². The molecule has 0 aliphatic rings. The summed E-state index contributed by atoms with van der Waals surface area (Å²) in [5, 5.41) is 10.2. The van der Waals surface area contributed by atoms with Gasteiger partial charge in [0.1, 0.15) is 6.04 Å². The fourth-order valence-corrected chi connectivity index (χ4v) is 2.29. The molecule has 1 atom stereocenters. The predicted octanol–water partition coefficient (Wildman–Crippen LogP) is -0.0664. The van der Waals surface area contributed by atoms with Gasteiger partial charge in [0.25, 0.3) is 0 Å². The smallest absolute Gasteiger partial charge is 0.125 e. The number of thiophene rings is 1. The Labute approximate surface area is 82.3 Å². The van der Waals surface area contributed by atoms with E-state index in [9.17, 15) is 9.90 Å². The van der Waals surface area contributed by atoms with Crippen molar-refractivity contribution in [1.82, 2.24) is 0 Å². The lowest BCUT2D eigenvalue weighted by Gasteiger charge is -2.05. The zero-order valence-electron chi connectivity index (χ0n) is 6.25. The third-order valence-corrected chi connectivity index (χ3v) is 3.20. The topological polar surface area (TPSA) is 67.8 Å². The van der Waals surface area contributed by atoms with Gasteiger partial charge in [-0.1, -0.05) is 0 Å². The molecule has 1 aromatic rings.